The first-order valence-electron chi connectivity index (χ1n) is 15.0. The number of hydrogen-bond donors (Lipinski definition) is 1. The molecule has 0 heterocycles. The van der Waals surface area contributed by atoms with Crippen LogP contribution >= 0.6 is 0 Å². The monoisotopic (exact) mass is 477 g/mol. The van der Waals surface area contributed by atoms with E-state index in [2.05, 4.69) is 40.1 Å². The molecular weight excluding hydrogens is 414 g/mol. The lowest BCUT2D eigenvalue weighted by Gasteiger charge is -2.55. The summed E-state index contributed by atoms with van der Waals surface area (Å²) in [4.78, 5) is 12.1. The van der Waals surface area contributed by atoms with Gasteiger partial charge in [0.2, 0.25) is 0 Å². The molecule has 0 aromatic heterocycles. The van der Waals surface area contributed by atoms with Crippen LogP contribution in [0.2, 0.25) is 0 Å². The number of allylic oxidation sites excluding steroid dienone is 4. The standard InChI is InChI=1S/C22H33NO.5C2H6/c1-13-11-22(23-5)14(2)6-9-18(22)17-12-21(3,4)19-10-15(24)7-8-16(19)20(13)17;5*1-2/h10,13-14,17-18,23H,6-9,11-12H2,1-5H3;5*1-2H3/t13?,14?,17?,18-,22?;;;;;/m0...../s1. The number of nitrogens with one attached hydrogen (secondary N) is 1. The number of carbonyl (C=O) groups excluding carboxylic acids is 1. The van der Waals surface area contributed by atoms with E-state index in [1.54, 1.807) is 11.1 Å². The van der Waals surface area contributed by atoms with Gasteiger partial charge in [0, 0.05) is 12.0 Å². The van der Waals surface area contributed by atoms with E-state index in [1.807, 2.05) is 75.3 Å². The van der Waals surface area contributed by atoms with Crippen molar-refractivity contribution in [3.05, 3.63) is 22.8 Å². The third-order valence-corrected chi connectivity index (χ3v) is 8.04. The molecule has 4 rings (SSSR count). The first kappa shape index (κ1) is 35.3. The van der Waals surface area contributed by atoms with E-state index in [1.165, 1.54) is 31.3 Å². The van der Waals surface area contributed by atoms with Crippen molar-refractivity contribution in [3.63, 3.8) is 0 Å². The number of rotatable bonds is 1. The van der Waals surface area contributed by atoms with Gasteiger partial charge in [-0.3, -0.25) is 4.79 Å². The van der Waals surface area contributed by atoms with Crippen molar-refractivity contribution < 1.29 is 4.79 Å². The highest BCUT2D eigenvalue weighted by Gasteiger charge is 2.57. The maximum absolute atomic E-state index is 12.1. The zero-order valence-corrected chi connectivity index (χ0v) is 26.0. The Morgan fingerprint density at radius 2 is 1.35 bits per heavy atom. The van der Waals surface area contributed by atoms with E-state index in [0.717, 1.165) is 24.7 Å². The summed E-state index contributed by atoms with van der Waals surface area (Å²) in [7, 11) is 2.19. The molecule has 0 amide bonds. The molecule has 0 spiro atoms. The Bertz CT molecular complexity index is 641. The van der Waals surface area contributed by atoms with Crippen LogP contribution in [0.5, 0.6) is 0 Å². The lowest BCUT2D eigenvalue weighted by atomic mass is 9.52. The lowest BCUT2D eigenvalue weighted by molar-refractivity contribution is -0.115. The smallest absolute Gasteiger partial charge is 0.156 e. The topological polar surface area (TPSA) is 29.1 Å². The number of ketones is 1. The van der Waals surface area contributed by atoms with Crippen molar-refractivity contribution in [3.8, 4) is 0 Å². The quantitative estimate of drug-likeness (QED) is 0.407. The van der Waals surface area contributed by atoms with Gasteiger partial charge >= 0.3 is 0 Å². The highest BCUT2D eigenvalue weighted by atomic mass is 16.1. The summed E-state index contributed by atoms with van der Waals surface area (Å²) in [6.45, 7) is 29.6. The number of fused-ring (bicyclic) bond motifs is 4. The Hall–Kier alpha value is -0.890. The normalized spacial score (nSPS) is 31.9. The average Bonchev–Trinajstić information content (AvgIpc) is 3.21. The molecule has 2 heteroatoms. The van der Waals surface area contributed by atoms with Gasteiger partial charge in [-0.25, -0.2) is 0 Å². The molecular formula is C32H63NO. The molecule has 2 nitrogen and oxygen atoms in total. The minimum atomic E-state index is 0.141. The molecule has 5 atom stereocenters. The Labute approximate surface area is 215 Å². The summed E-state index contributed by atoms with van der Waals surface area (Å²) in [6.07, 6.45) is 8.91. The SMILES string of the molecule is CC.CC.CC.CC.CC.CNC12CC(C)C3=C4CCC(=O)C=C4C(C)(C)CC3[C@@H]1CCC2C. The van der Waals surface area contributed by atoms with E-state index in [9.17, 15) is 4.79 Å². The zero-order chi connectivity index (χ0) is 27.3. The van der Waals surface area contributed by atoms with Crippen LogP contribution in [-0.4, -0.2) is 18.4 Å². The largest absolute Gasteiger partial charge is 0.314 e. The van der Waals surface area contributed by atoms with Gasteiger partial charge in [0.25, 0.3) is 0 Å². The molecule has 202 valence electrons. The van der Waals surface area contributed by atoms with E-state index < -0.39 is 0 Å². The zero-order valence-electron chi connectivity index (χ0n) is 26.0. The van der Waals surface area contributed by atoms with Gasteiger partial charge in [-0.1, -0.05) is 103 Å². The molecule has 4 unspecified atom stereocenters. The molecule has 0 aliphatic heterocycles. The van der Waals surface area contributed by atoms with E-state index in [-0.39, 0.29) is 5.41 Å². The maximum atomic E-state index is 12.1. The van der Waals surface area contributed by atoms with Crippen LogP contribution in [0.3, 0.4) is 0 Å². The van der Waals surface area contributed by atoms with E-state index in [4.69, 9.17) is 0 Å². The van der Waals surface area contributed by atoms with Crippen molar-refractivity contribution in [2.24, 2.45) is 29.1 Å². The van der Waals surface area contributed by atoms with Gasteiger partial charge in [0.15, 0.2) is 5.78 Å². The number of carbonyl (C=O) groups is 1. The Kier molecular flexibility index (Phi) is 17.3. The summed E-state index contributed by atoms with van der Waals surface area (Å²) >= 11 is 0. The van der Waals surface area contributed by atoms with E-state index in [0.29, 0.717) is 23.2 Å². The number of hydrogen-bond acceptors (Lipinski definition) is 2. The molecule has 2 fully saturated rings. The van der Waals surface area contributed by atoms with Crippen LogP contribution < -0.4 is 5.32 Å². The summed E-state index contributed by atoms with van der Waals surface area (Å²) in [6, 6.07) is 0. The fourth-order valence-electron chi connectivity index (χ4n) is 7.00. The molecule has 2 saturated carbocycles. The minimum Gasteiger partial charge on any atom is -0.314 e. The van der Waals surface area contributed by atoms with Gasteiger partial charge in [0.05, 0.1) is 0 Å². The predicted octanol–water partition coefficient (Wildman–Crippen LogP) is 9.79. The summed E-state index contributed by atoms with van der Waals surface area (Å²) < 4.78 is 0. The van der Waals surface area contributed by atoms with Crippen LogP contribution in [0.15, 0.2) is 22.8 Å². The second-order valence-corrected chi connectivity index (χ2v) is 9.63. The van der Waals surface area contributed by atoms with Gasteiger partial charge in [-0.15, -0.1) is 0 Å². The fraction of sp³-hybridized carbons (Fsp3) is 0.844. The van der Waals surface area contributed by atoms with Crippen LogP contribution in [-0.2, 0) is 4.79 Å². The average molecular weight is 478 g/mol. The molecule has 0 aromatic carbocycles. The molecule has 0 aromatic rings. The highest BCUT2D eigenvalue weighted by Crippen LogP contribution is 2.62. The lowest BCUT2D eigenvalue weighted by Crippen LogP contribution is -2.58. The van der Waals surface area contributed by atoms with Crippen LogP contribution in [0.1, 0.15) is 135 Å². The Morgan fingerprint density at radius 3 is 1.85 bits per heavy atom. The van der Waals surface area contributed by atoms with Crippen molar-refractivity contribution >= 4 is 5.78 Å². The second kappa shape index (κ2) is 16.7. The molecule has 34 heavy (non-hydrogen) atoms. The molecule has 0 saturated heterocycles. The van der Waals surface area contributed by atoms with Crippen molar-refractivity contribution in [2.75, 3.05) is 7.05 Å². The minimum absolute atomic E-state index is 0.141. The highest BCUT2D eigenvalue weighted by molar-refractivity contribution is 5.93. The third-order valence-electron chi connectivity index (χ3n) is 8.04. The molecule has 0 bridgehead atoms. The van der Waals surface area contributed by atoms with Crippen molar-refractivity contribution in [1.82, 2.24) is 5.32 Å². The predicted molar refractivity (Wildman–Crippen MR) is 155 cm³/mol. The molecule has 0 radical (unpaired) electrons. The van der Waals surface area contributed by atoms with Crippen LogP contribution in [0.25, 0.3) is 0 Å². The van der Waals surface area contributed by atoms with Gasteiger partial charge in [-0.2, -0.15) is 0 Å². The van der Waals surface area contributed by atoms with Gasteiger partial charge in [0.1, 0.15) is 0 Å². The molecule has 4 aliphatic carbocycles. The maximum Gasteiger partial charge on any atom is 0.156 e. The van der Waals surface area contributed by atoms with Gasteiger partial charge in [-0.05, 0) is 85.5 Å². The summed E-state index contributed by atoms with van der Waals surface area (Å²) in [5, 5.41) is 3.81. The molecule has 1 N–H and O–H groups in total. The van der Waals surface area contributed by atoms with Crippen LogP contribution in [0.4, 0.5) is 0 Å². The van der Waals surface area contributed by atoms with Crippen molar-refractivity contribution in [1.29, 1.82) is 0 Å². The second-order valence-electron chi connectivity index (χ2n) is 9.63. The fourth-order valence-corrected chi connectivity index (χ4v) is 7.00. The molecule has 4 aliphatic rings. The van der Waals surface area contributed by atoms with Crippen LogP contribution in [0, 0.1) is 29.1 Å². The first-order valence-corrected chi connectivity index (χ1v) is 15.0. The Morgan fingerprint density at radius 1 is 0.824 bits per heavy atom. The van der Waals surface area contributed by atoms with E-state index >= 15 is 0 Å². The van der Waals surface area contributed by atoms with Gasteiger partial charge < -0.3 is 5.32 Å². The first-order chi connectivity index (χ1) is 16.3. The summed E-state index contributed by atoms with van der Waals surface area (Å²) in [5.74, 6) is 3.23. The van der Waals surface area contributed by atoms with Crippen molar-refractivity contribution in [2.45, 2.75) is 141 Å². The third kappa shape index (κ3) is 6.86. The summed E-state index contributed by atoms with van der Waals surface area (Å²) in [5.41, 5.74) is 5.16. The Balaban J connectivity index is 0.